The van der Waals surface area contributed by atoms with Gasteiger partial charge in [-0.25, -0.2) is 4.98 Å². The molecule has 0 amide bonds. The SMILES string of the molecule is c1ccc(-n2c3ccccc3c3cc(-c4ccc5c6ccccc6n(-c6ccc(-c7cnc8c9ccccc9c9ccccc9c8n7)cc6)c5c4)ccc32)cc1. The largest absolute Gasteiger partial charge is 0.309 e. The van der Waals surface area contributed by atoms with Crippen LogP contribution in [-0.4, -0.2) is 19.1 Å². The van der Waals surface area contributed by atoms with E-state index in [4.69, 9.17) is 9.97 Å². The normalized spacial score (nSPS) is 11.9. The third-order valence-corrected chi connectivity index (χ3v) is 11.5. The molecule has 0 atom stereocenters. The molecule has 0 aliphatic carbocycles. The molecule has 0 N–H and O–H groups in total. The summed E-state index contributed by atoms with van der Waals surface area (Å²) in [4.78, 5) is 10.3. The second-order valence-electron chi connectivity index (χ2n) is 14.6. The van der Waals surface area contributed by atoms with E-state index in [0.29, 0.717) is 0 Å². The lowest BCUT2D eigenvalue weighted by Gasteiger charge is -2.12. The molecule has 0 aliphatic rings. The second-order valence-corrected chi connectivity index (χ2v) is 14.6. The molecule has 4 nitrogen and oxygen atoms in total. The summed E-state index contributed by atoms with van der Waals surface area (Å²) < 4.78 is 4.76. The summed E-state index contributed by atoms with van der Waals surface area (Å²) in [6, 6.07) is 67.6. The number of hydrogen-bond donors (Lipinski definition) is 0. The zero-order valence-electron chi connectivity index (χ0n) is 30.3. The minimum atomic E-state index is 0.859. The summed E-state index contributed by atoms with van der Waals surface area (Å²) in [5, 5.41) is 9.61. The Bertz CT molecular complexity index is 3480. The van der Waals surface area contributed by atoms with Gasteiger partial charge >= 0.3 is 0 Å². The molecule has 3 heterocycles. The fraction of sp³-hybridized carbons (Fsp3) is 0. The zero-order valence-corrected chi connectivity index (χ0v) is 30.3. The van der Waals surface area contributed by atoms with E-state index in [9.17, 15) is 0 Å². The lowest BCUT2D eigenvalue weighted by molar-refractivity contribution is 1.18. The second kappa shape index (κ2) is 12.0. The minimum Gasteiger partial charge on any atom is -0.309 e. The molecule has 0 unspecified atom stereocenters. The van der Waals surface area contributed by atoms with Crippen LogP contribution < -0.4 is 0 Å². The monoisotopic (exact) mass is 712 g/mol. The van der Waals surface area contributed by atoms with Crippen molar-refractivity contribution >= 4 is 76.2 Å². The molecular formula is C52H32N4. The molecular weight excluding hydrogens is 681 g/mol. The Morgan fingerprint density at radius 1 is 0.304 bits per heavy atom. The van der Waals surface area contributed by atoms with Crippen LogP contribution in [0.15, 0.2) is 194 Å². The first-order chi connectivity index (χ1) is 27.8. The van der Waals surface area contributed by atoms with Crippen molar-refractivity contribution in [2.24, 2.45) is 0 Å². The standard InChI is InChI=1S/C52H32N4/c1-2-12-36(13-3-1)55-48-21-11-9-17-41(48)45-30-34(25-29-49(45)55)35-24-28-42-40-16-8-10-20-47(40)56(50(42)31-35)37-26-22-33(23-27-37)46-32-53-51-43-18-6-4-14-38(43)39-15-5-7-19-44(39)52(51)54-46/h1-32H. The molecule has 0 saturated heterocycles. The average molecular weight is 713 g/mol. The van der Waals surface area contributed by atoms with Crippen molar-refractivity contribution in [2.45, 2.75) is 0 Å². The zero-order chi connectivity index (χ0) is 36.7. The summed E-state index contributed by atoms with van der Waals surface area (Å²) in [6.07, 6.45) is 1.92. The third kappa shape index (κ3) is 4.53. The topological polar surface area (TPSA) is 35.6 Å². The van der Waals surface area contributed by atoms with Gasteiger partial charge in [-0.2, -0.15) is 0 Å². The fourth-order valence-electron chi connectivity index (χ4n) is 8.98. The predicted octanol–water partition coefficient (Wildman–Crippen LogP) is 13.5. The molecule has 0 fully saturated rings. The van der Waals surface area contributed by atoms with Crippen LogP contribution in [0.25, 0.3) is 110 Å². The summed E-state index contributed by atoms with van der Waals surface area (Å²) in [5.74, 6) is 0. The summed E-state index contributed by atoms with van der Waals surface area (Å²) in [7, 11) is 0. The Morgan fingerprint density at radius 2 is 0.786 bits per heavy atom. The van der Waals surface area contributed by atoms with Gasteiger partial charge in [-0.1, -0.05) is 133 Å². The van der Waals surface area contributed by atoms with Crippen molar-refractivity contribution in [1.82, 2.24) is 19.1 Å². The van der Waals surface area contributed by atoms with Crippen LogP contribution in [0.5, 0.6) is 0 Å². The van der Waals surface area contributed by atoms with Crippen LogP contribution in [0.3, 0.4) is 0 Å². The number of aromatic nitrogens is 4. The lowest BCUT2D eigenvalue weighted by atomic mass is 9.99. The molecule has 0 spiro atoms. The van der Waals surface area contributed by atoms with E-state index >= 15 is 0 Å². The molecule has 12 rings (SSSR count). The maximum Gasteiger partial charge on any atom is 0.0979 e. The number of benzene rings is 9. The highest BCUT2D eigenvalue weighted by Crippen LogP contribution is 2.39. The van der Waals surface area contributed by atoms with Crippen LogP contribution in [0.1, 0.15) is 0 Å². The van der Waals surface area contributed by atoms with Crippen molar-refractivity contribution < 1.29 is 0 Å². The Morgan fingerprint density at radius 3 is 1.50 bits per heavy atom. The Hall–Kier alpha value is -7.56. The number of nitrogens with zero attached hydrogens (tertiary/aromatic N) is 4. The highest BCUT2D eigenvalue weighted by atomic mass is 15.0. The molecule has 56 heavy (non-hydrogen) atoms. The Labute approximate surface area is 322 Å². The van der Waals surface area contributed by atoms with Crippen molar-refractivity contribution in [3.63, 3.8) is 0 Å². The molecule has 0 radical (unpaired) electrons. The van der Waals surface area contributed by atoms with Gasteiger partial charge in [-0.15, -0.1) is 0 Å². The molecule has 260 valence electrons. The van der Waals surface area contributed by atoms with Gasteiger partial charge in [0.2, 0.25) is 0 Å². The predicted molar refractivity (Wildman–Crippen MR) is 234 cm³/mol. The van der Waals surface area contributed by atoms with E-state index in [1.807, 2.05) is 6.20 Å². The van der Waals surface area contributed by atoms with E-state index in [2.05, 4.69) is 197 Å². The van der Waals surface area contributed by atoms with Crippen molar-refractivity contribution in [2.75, 3.05) is 0 Å². The highest BCUT2D eigenvalue weighted by molar-refractivity contribution is 6.23. The number of rotatable bonds is 4. The lowest BCUT2D eigenvalue weighted by Crippen LogP contribution is -1.95. The maximum atomic E-state index is 5.25. The minimum absolute atomic E-state index is 0.859. The van der Waals surface area contributed by atoms with Gasteiger partial charge in [0.05, 0.1) is 45.0 Å². The smallest absolute Gasteiger partial charge is 0.0979 e. The van der Waals surface area contributed by atoms with E-state index in [0.717, 1.165) is 44.4 Å². The number of para-hydroxylation sites is 3. The van der Waals surface area contributed by atoms with Gasteiger partial charge < -0.3 is 9.13 Å². The molecule has 0 aliphatic heterocycles. The first kappa shape index (κ1) is 30.9. The van der Waals surface area contributed by atoms with Gasteiger partial charge in [0.1, 0.15) is 0 Å². The molecule has 12 aromatic rings. The van der Waals surface area contributed by atoms with Gasteiger partial charge in [0, 0.05) is 49.3 Å². The van der Waals surface area contributed by atoms with Gasteiger partial charge in [0.25, 0.3) is 0 Å². The van der Waals surface area contributed by atoms with Crippen LogP contribution in [0, 0.1) is 0 Å². The molecule has 9 aromatic carbocycles. The van der Waals surface area contributed by atoms with Crippen LogP contribution >= 0.6 is 0 Å². The van der Waals surface area contributed by atoms with Crippen LogP contribution in [0.2, 0.25) is 0 Å². The number of fused-ring (bicyclic) bond motifs is 12. The summed E-state index contributed by atoms with van der Waals surface area (Å²) in [6.45, 7) is 0. The molecule has 3 aromatic heterocycles. The molecule has 0 bridgehead atoms. The molecule has 4 heteroatoms. The summed E-state index contributed by atoms with van der Waals surface area (Å²) >= 11 is 0. The van der Waals surface area contributed by atoms with Crippen molar-refractivity contribution in [3.8, 4) is 33.8 Å². The van der Waals surface area contributed by atoms with E-state index in [1.165, 1.54) is 65.5 Å². The average Bonchev–Trinajstić information content (AvgIpc) is 3.79. The van der Waals surface area contributed by atoms with Gasteiger partial charge in [-0.3, -0.25) is 4.98 Å². The molecule has 0 saturated carbocycles. The third-order valence-electron chi connectivity index (χ3n) is 11.5. The highest BCUT2D eigenvalue weighted by Gasteiger charge is 2.17. The van der Waals surface area contributed by atoms with E-state index in [-0.39, 0.29) is 0 Å². The first-order valence-electron chi connectivity index (χ1n) is 19.1. The van der Waals surface area contributed by atoms with Crippen LogP contribution in [0.4, 0.5) is 0 Å². The maximum absolute atomic E-state index is 5.25. The van der Waals surface area contributed by atoms with E-state index in [1.54, 1.807) is 0 Å². The van der Waals surface area contributed by atoms with E-state index < -0.39 is 0 Å². The number of hydrogen-bond acceptors (Lipinski definition) is 2. The first-order valence-corrected chi connectivity index (χ1v) is 19.1. The Kier molecular flexibility index (Phi) is 6.60. The van der Waals surface area contributed by atoms with Crippen molar-refractivity contribution in [1.29, 1.82) is 0 Å². The summed E-state index contributed by atoms with van der Waals surface area (Å²) in [5.41, 5.74) is 13.2. The van der Waals surface area contributed by atoms with Crippen molar-refractivity contribution in [3.05, 3.63) is 194 Å². The van der Waals surface area contributed by atoms with Crippen LogP contribution in [-0.2, 0) is 0 Å². The Balaban J connectivity index is 0.989. The fourth-order valence-corrected chi connectivity index (χ4v) is 8.98. The van der Waals surface area contributed by atoms with Gasteiger partial charge in [-0.05, 0) is 76.5 Å². The quantitative estimate of drug-likeness (QED) is 0.170. The van der Waals surface area contributed by atoms with Gasteiger partial charge in [0.15, 0.2) is 0 Å².